The summed E-state index contributed by atoms with van der Waals surface area (Å²) in [5, 5.41) is 0. The van der Waals surface area contributed by atoms with Crippen LogP contribution in [0.4, 0.5) is 0 Å². The van der Waals surface area contributed by atoms with Gasteiger partial charge in [-0.05, 0) is 47.2 Å². The standard InChI is InChI=1S/C31H40N2O6S/c1-5-6-19-37-26-11-13-28(14-12-26)40(35,36)33-17-15-32(16-18-33)21-27-20-29(34)30(23-38-27)39-22-24-7-9-25(10-8-24)31(2,3)4/h7-14,20,23H,5-6,15-19,21-22H2,1-4H3. The predicted octanol–water partition coefficient (Wildman–Crippen LogP) is 5.20. The Hall–Kier alpha value is -3.14. The minimum absolute atomic E-state index is 0.0761. The lowest BCUT2D eigenvalue weighted by atomic mass is 9.87. The highest BCUT2D eigenvalue weighted by Gasteiger charge is 2.29. The number of hydrogen-bond acceptors (Lipinski definition) is 7. The maximum absolute atomic E-state index is 13.1. The molecule has 1 aliphatic rings. The predicted molar refractivity (Wildman–Crippen MR) is 155 cm³/mol. The van der Waals surface area contributed by atoms with Crippen molar-refractivity contribution in [2.24, 2.45) is 0 Å². The van der Waals surface area contributed by atoms with E-state index in [1.165, 1.54) is 22.2 Å². The second-order valence-electron chi connectivity index (χ2n) is 11.2. The molecular formula is C31H40N2O6S. The van der Waals surface area contributed by atoms with Gasteiger partial charge in [0.1, 0.15) is 24.4 Å². The third-order valence-corrected chi connectivity index (χ3v) is 8.92. The lowest BCUT2D eigenvalue weighted by Crippen LogP contribution is -2.48. The first kappa shape index (κ1) is 29.8. The summed E-state index contributed by atoms with van der Waals surface area (Å²) in [7, 11) is -3.59. The number of nitrogens with zero attached hydrogens (tertiary/aromatic N) is 2. The summed E-state index contributed by atoms with van der Waals surface area (Å²) in [6.45, 7) is 11.7. The molecular weight excluding hydrogens is 528 g/mol. The fourth-order valence-corrected chi connectivity index (χ4v) is 5.85. The normalized spacial score (nSPS) is 15.2. The SMILES string of the molecule is CCCCOc1ccc(S(=O)(=O)N2CCN(Cc3cc(=O)c(OCc4ccc(C(C)(C)C)cc4)co3)CC2)cc1. The zero-order valence-corrected chi connectivity index (χ0v) is 24.7. The molecule has 8 nitrogen and oxygen atoms in total. The lowest BCUT2D eigenvalue weighted by Gasteiger charge is -2.33. The zero-order valence-electron chi connectivity index (χ0n) is 23.9. The monoisotopic (exact) mass is 568 g/mol. The Labute approximate surface area is 237 Å². The summed E-state index contributed by atoms with van der Waals surface area (Å²) >= 11 is 0. The van der Waals surface area contributed by atoms with Crippen molar-refractivity contribution < 1.29 is 22.3 Å². The van der Waals surface area contributed by atoms with E-state index in [1.807, 2.05) is 12.1 Å². The minimum atomic E-state index is -3.59. The smallest absolute Gasteiger partial charge is 0.243 e. The van der Waals surface area contributed by atoms with Gasteiger partial charge in [0.25, 0.3) is 0 Å². The Morgan fingerprint density at radius 2 is 1.60 bits per heavy atom. The molecule has 40 heavy (non-hydrogen) atoms. The highest BCUT2D eigenvalue weighted by Crippen LogP contribution is 2.23. The third kappa shape index (κ3) is 7.74. The molecule has 0 N–H and O–H groups in total. The van der Waals surface area contributed by atoms with E-state index in [4.69, 9.17) is 13.9 Å². The summed E-state index contributed by atoms with van der Waals surface area (Å²) in [4.78, 5) is 15.0. The van der Waals surface area contributed by atoms with Crippen molar-refractivity contribution in [2.75, 3.05) is 32.8 Å². The van der Waals surface area contributed by atoms with Crippen molar-refractivity contribution >= 4 is 10.0 Å². The van der Waals surface area contributed by atoms with Gasteiger partial charge in [-0.15, -0.1) is 0 Å². The third-order valence-electron chi connectivity index (χ3n) is 7.01. The Bertz CT molecular complexity index is 1400. The van der Waals surface area contributed by atoms with Crippen LogP contribution in [0.25, 0.3) is 0 Å². The molecule has 1 fully saturated rings. The van der Waals surface area contributed by atoms with Crippen molar-refractivity contribution in [3.05, 3.63) is 88.0 Å². The van der Waals surface area contributed by atoms with Gasteiger partial charge < -0.3 is 13.9 Å². The Kier molecular flexibility index (Phi) is 9.71. The molecule has 9 heteroatoms. The summed E-state index contributed by atoms with van der Waals surface area (Å²) < 4.78 is 44.8. The molecule has 0 radical (unpaired) electrons. The van der Waals surface area contributed by atoms with Gasteiger partial charge in [-0.2, -0.15) is 4.31 Å². The van der Waals surface area contributed by atoms with Crippen molar-refractivity contribution in [3.8, 4) is 11.5 Å². The van der Waals surface area contributed by atoms with Crippen LogP contribution in [-0.4, -0.2) is 50.4 Å². The van der Waals surface area contributed by atoms with Gasteiger partial charge in [0, 0.05) is 32.2 Å². The molecule has 0 aliphatic carbocycles. The average molecular weight is 569 g/mol. The Balaban J connectivity index is 1.27. The van der Waals surface area contributed by atoms with E-state index in [0.717, 1.165) is 18.4 Å². The molecule has 0 unspecified atom stereocenters. The summed E-state index contributed by atoms with van der Waals surface area (Å²) in [6.07, 6.45) is 3.36. The van der Waals surface area contributed by atoms with Gasteiger partial charge in [0.15, 0.2) is 0 Å². The first-order chi connectivity index (χ1) is 19.1. The summed E-state index contributed by atoms with van der Waals surface area (Å²) in [6, 6.07) is 16.2. The molecule has 2 heterocycles. The van der Waals surface area contributed by atoms with Crippen LogP contribution in [0.15, 0.2) is 75.0 Å². The van der Waals surface area contributed by atoms with Gasteiger partial charge in [0.05, 0.1) is 18.0 Å². The molecule has 1 aromatic heterocycles. The maximum atomic E-state index is 13.1. The molecule has 216 valence electrons. The average Bonchev–Trinajstić information content (AvgIpc) is 2.93. The minimum Gasteiger partial charge on any atom is -0.494 e. The molecule has 0 atom stereocenters. The fourth-order valence-electron chi connectivity index (χ4n) is 4.43. The molecule has 0 amide bonds. The van der Waals surface area contributed by atoms with Crippen LogP contribution >= 0.6 is 0 Å². The number of ether oxygens (including phenoxy) is 2. The van der Waals surface area contributed by atoms with Gasteiger partial charge in [-0.1, -0.05) is 58.4 Å². The van der Waals surface area contributed by atoms with E-state index in [1.54, 1.807) is 24.3 Å². The van der Waals surface area contributed by atoms with Crippen molar-refractivity contribution in [1.82, 2.24) is 9.21 Å². The van der Waals surface area contributed by atoms with E-state index in [0.29, 0.717) is 50.8 Å². The largest absolute Gasteiger partial charge is 0.494 e. The topological polar surface area (TPSA) is 89.3 Å². The van der Waals surface area contributed by atoms with Crippen LogP contribution in [0, 0.1) is 0 Å². The Morgan fingerprint density at radius 1 is 0.925 bits per heavy atom. The maximum Gasteiger partial charge on any atom is 0.243 e. The first-order valence-corrected chi connectivity index (χ1v) is 15.3. The van der Waals surface area contributed by atoms with Crippen LogP contribution in [-0.2, 0) is 28.6 Å². The number of unbranched alkanes of at least 4 members (excludes halogenated alkanes) is 1. The lowest BCUT2D eigenvalue weighted by molar-refractivity contribution is 0.169. The van der Waals surface area contributed by atoms with Gasteiger partial charge in [-0.25, -0.2) is 8.42 Å². The summed E-state index contributed by atoms with van der Waals surface area (Å²) in [5.74, 6) is 1.35. The van der Waals surface area contributed by atoms with Crippen LogP contribution in [0.5, 0.6) is 11.5 Å². The van der Waals surface area contributed by atoms with Crippen molar-refractivity contribution in [1.29, 1.82) is 0 Å². The quantitative estimate of drug-likeness (QED) is 0.294. The van der Waals surface area contributed by atoms with E-state index in [9.17, 15) is 13.2 Å². The zero-order chi connectivity index (χ0) is 28.8. The highest BCUT2D eigenvalue weighted by atomic mass is 32.2. The number of rotatable bonds is 11. The molecule has 1 aliphatic heterocycles. The number of sulfonamides is 1. The highest BCUT2D eigenvalue weighted by molar-refractivity contribution is 7.89. The number of benzene rings is 2. The fraction of sp³-hybridized carbons (Fsp3) is 0.452. The number of piperazine rings is 1. The van der Waals surface area contributed by atoms with Gasteiger partial charge >= 0.3 is 0 Å². The molecule has 1 saturated heterocycles. The van der Waals surface area contributed by atoms with Crippen LogP contribution in [0.2, 0.25) is 0 Å². The van der Waals surface area contributed by atoms with Gasteiger partial charge in [-0.3, -0.25) is 9.69 Å². The molecule has 4 rings (SSSR count). The second-order valence-corrected chi connectivity index (χ2v) is 13.1. The second kappa shape index (κ2) is 13.0. The van der Waals surface area contributed by atoms with E-state index in [2.05, 4.69) is 44.7 Å². The van der Waals surface area contributed by atoms with Crippen molar-refractivity contribution in [2.45, 2.75) is 64.0 Å². The van der Waals surface area contributed by atoms with E-state index < -0.39 is 10.0 Å². The molecule has 0 bridgehead atoms. The molecule has 2 aromatic carbocycles. The molecule has 0 saturated carbocycles. The van der Waals surface area contributed by atoms with Crippen molar-refractivity contribution in [3.63, 3.8) is 0 Å². The van der Waals surface area contributed by atoms with Crippen LogP contribution in [0.1, 0.15) is 57.4 Å². The molecule has 0 spiro atoms. The first-order valence-electron chi connectivity index (χ1n) is 13.9. The van der Waals surface area contributed by atoms with Crippen LogP contribution < -0.4 is 14.9 Å². The van der Waals surface area contributed by atoms with E-state index in [-0.39, 0.29) is 28.1 Å². The number of hydrogen-bond donors (Lipinski definition) is 0. The van der Waals surface area contributed by atoms with Gasteiger partial charge in [0.2, 0.25) is 21.2 Å². The molecule has 3 aromatic rings. The van der Waals surface area contributed by atoms with E-state index >= 15 is 0 Å². The van der Waals surface area contributed by atoms with Crippen LogP contribution in [0.3, 0.4) is 0 Å². The Morgan fingerprint density at radius 3 is 2.20 bits per heavy atom. The summed E-state index contributed by atoms with van der Waals surface area (Å²) in [5.41, 5.74) is 2.05.